The summed E-state index contributed by atoms with van der Waals surface area (Å²) < 4.78 is 1.70. The first-order valence-corrected chi connectivity index (χ1v) is 10.8. The van der Waals surface area contributed by atoms with Crippen molar-refractivity contribution in [1.82, 2.24) is 29.7 Å². The second-order valence-corrected chi connectivity index (χ2v) is 7.75. The van der Waals surface area contributed by atoms with Gasteiger partial charge in [0.15, 0.2) is 5.82 Å². The number of aliphatic imine (C=N–C) groups is 1. The summed E-state index contributed by atoms with van der Waals surface area (Å²) in [7, 11) is 1.84. The molecule has 0 amide bonds. The first-order valence-electron chi connectivity index (χ1n) is 10.8. The fourth-order valence-electron chi connectivity index (χ4n) is 3.65. The standard InChI is InChI=1S/C25H22N10/c1-35-12-9-20(34-35)23-22(17-7-8-19-16(13-17)5-4-11-30-19)31-24(25(26)32-23)21(33-27)15-28-14-18-6-2-3-10-29-18/h2-13,15H,14,27H2,1H3,(H2,26,32)/b28-15?,33-21+. The number of aryl methyl sites for hydroxylation is 1. The van der Waals surface area contributed by atoms with E-state index in [0.717, 1.165) is 22.2 Å². The Morgan fingerprint density at radius 1 is 1.00 bits per heavy atom. The topological polar surface area (TPSA) is 146 Å². The van der Waals surface area contributed by atoms with Crippen molar-refractivity contribution in [2.45, 2.75) is 6.54 Å². The minimum atomic E-state index is 0.172. The molecule has 0 aliphatic carbocycles. The number of hydrogen-bond donors (Lipinski definition) is 2. The van der Waals surface area contributed by atoms with Gasteiger partial charge < -0.3 is 11.6 Å². The summed E-state index contributed by atoms with van der Waals surface area (Å²) >= 11 is 0. The molecule has 5 rings (SSSR count). The fraction of sp³-hybridized carbons (Fsp3) is 0.0800. The minimum absolute atomic E-state index is 0.172. The molecule has 10 heteroatoms. The van der Waals surface area contributed by atoms with Crippen LogP contribution >= 0.6 is 0 Å². The van der Waals surface area contributed by atoms with Gasteiger partial charge in [0.25, 0.3) is 0 Å². The monoisotopic (exact) mass is 462 g/mol. The molecule has 172 valence electrons. The molecule has 0 atom stereocenters. The largest absolute Gasteiger partial charge is 0.382 e. The van der Waals surface area contributed by atoms with Gasteiger partial charge in [-0.05, 0) is 36.4 Å². The van der Waals surface area contributed by atoms with E-state index in [0.29, 0.717) is 35.0 Å². The van der Waals surface area contributed by atoms with E-state index in [1.165, 1.54) is 6.21 Å². The van der Waals surface area contributed by atoms with Crippen LogP contribution in [0.4, 0.5) is 5.82 Å². The first kappa shape index (κ1) is 21.8. The molecular formula is C25H22N10. The summed E-state index contributed by atoms with van der Waals surface area (Å²) in [6, 6.07) is 17.3. The van der Waals surface area contributed by atoms with E-state index < -0.39 is 0 Å². The zero-order valence-corrected chi connectivity index (χ0v) is 18.9. The van der Waals surface area contributed by atoms with Crippen molar-refractivity contribution < 1.29 is 0 Å². The highest BCUT2D eigenvalue weighted by molar-refractivity contribution is 6.38. The molecule has 0 saturated heterocycles. The number of nitrogens with zero attached hydrogens (tertiary/aromatic N) is 8. The van der Waals surface area contributed by atoms with Gasteiger partial charge in [0.2, 0.25) is 0 Å². The molecule has 0 fully saturated rings. The third-order valence-corrected chi connectivity index (χ3v) is 5.33. The van der Waals surface area contributed by atoms with Crippen LogP contribution in [0.25, 0.3) is 33.5 Å². The van der Waals surface area contributed by atoms with E-state index in [9.17, 15) is 0 Å². The molecule has 1 aromatic carbocycles. The molecule has 0 spiro atoms. The SMILES string of the molecule is Cn1ccc(-c2nc(N)c(/C(C=NCc3ccccn3)=N/N)nc2-c2ccc3ncccc3c2)n1. The highest BCUT2D eigenvalue weighted by atomic mass is 15.3. The van der Waals surface area contributed by atoms with Crippen LogP contribution in [0.1, 0.15) is 11.4 Å². The maximum atomic E-state index is 6.33. The lowest BCUT2D eigenvalue weighted by atomic mass is 10.0. The summed E-state index contributed by atoms with van der Waals surface area (Å²) in [4.78, 5) is 22.6. The Hall–Kier alpha value is -4.99. The van der Waals surface area contributed by atoms with Crippen molar-refractivity contribution in [3.63, 3.8) is 0 Å². The Morgan fingerprint density at radius 2 is 1.89 bits per heavy atom. The van der Waals surface area contributed by atoms with Crippen LogP contribution in [0.5, 0.6) is 0 Å². The number of nitrogen functional groups attached to an aromatic ring is 1. The summed E-state index contributed by atoms with van der Waals surface area (Å²) in [6.45, 7) is 0.365. The Balaban J connectivity index is 1.61. The van der Waals surface area contributed by atoms with Gasteiger partial charge in [-0.2, -0.15) is 10.2 Å². The molecule has 0 saturated carbocycles. The van der Waals surface area contributed by atoms with E-state index in [2.05, 4.69) is 30.1 Å². The molecule has 4 N–H and O–H groups in total. The quantitative estimate of drug-likeness (QED) is 0.224. The molecule has 10 nitrogen and oxygen atoms in total. The molecule has 0 radical (unpaired) electrons. The van der Waals surface area contributed by atoms with Crippen molar-refractivity contribution in [2.75, 3.05) is 5.73 Å². The van der Waals surface area contributed by atoms with Crippen molar-refractivity contribution in [3.05, 3.63) is 84.6 Å². The van der Waals surface area contributed by atoms with Gasteiger partial charge in [-0.3, -0.25) is 19.6 Å². The predicted octanol–water partition coefficient (Wildman–Crippen LogP) is 3.00. The Morgan fingerprint density at radius 3 is 2.66 bits per heavy atom. The highest BCUT2D eigenvalue weighted by Crippen LogP contribution is 2.31. The third kappa shape index (κ3) is 4.58. The van der Waals surface area contributed by atoms with Crippen molar-refractivity contribution in [2.24, 2.45) is 23.0 Å². The van der Waals surface area contributed by atoms with E-state index in [-0.39, 0.29) is 5.82 Å². The van der Waals surface area contributed by atoms with E-state index in [1.54, 1.807) is 17.1 Å². The lowest BCUT2D eigenvalue weighted by molar-refractivity contribution is 0.770. The average Bonchev–Trinajstić information content (AvgIpc) is 3.33. The van der Waals surface area contributed by atoms with Gasteiger partial charge >= 0.3 is 0 Å². The highest BCUT2D eigenvalue weighted by Gasteiger charge is 2.20. The van der Waals surface area contributed by atoms with Crippen LogP contribution < -0.4 is 11.6 Å². The number of nitrogens with two attached hydrogens (primary N) is 2. The number of hydrogen-bond acceptors (Lipinski definition) is 9. The van der Waals surface area contributed by atoms with Crippen molar-refractivity contribution in [1.29, 1.82) is 0 Å². The number of anilines is 1. The Bertz CT molecular complexity index is 1550. The normalized spacial score (nSPS) is 12.0. The molecule has 0 unspecified atom stereocenters. The Labute approximate surface area is 201 Å². The molecule has 0 bridgehead atoms. The molecule has 0 aliphatic rings. The second kappa shape index (κ2) is 9.48. The first-order chi connectivity index (χ1) is 17.1. The number of aromatic nitrogens is 6. The van der Waals surface area contributed by atoms with Crippen LogP contribution in [0.3, 0.4) is 0 Å². The lowest BCUT2D eigenvalue weighted by Crippen LogP contribution is -2.15. The zero-order chi connectivity index (χ0) is 24.2. The summed E-state index contributed by atoms with van der Waals surface area (Å²) in [6.07, 6.45) is 6.85. The maximum Gasteiger partial charge on any atom is 0.152 e. The van der Waals surface area contributed by atoms with Gasteiger partial charge in [0, 0.05) is 36.6 Å². The fourth-order valence-corrected chi connectivity index (χ4v) is 3.65. The van der Waals surface area contributed by atoms with Gasteiger partial charge in [-0.25, -0.2) is 9.97 Å². The van der Waals surface area contributed by atoms with E-state index >= 15 is 0 Å². The molecule has 4 aromatic heterocycles. The van der Waals surface area contributed by atoms with E-state index in [1.807, 2.05) is 67.8 Å². The number of hydrazone groups is 1. The minimum Gasteiger partial charge on any atom is -0.382 e. The molecular weight excluding hydrogens is 440 g/mol. The van der Waals surface area contributed by atoms with Crippen LogP contribution in [-0.4, -0.2) is 41.6 Å². The smallest absolute Gasteiger partial charge is 0.152 e. The maximum absolute atomic E-state index is 6.33. The average molecular weight is 463 g/mol. The van der Waals surface area contributed by atoms with Gasteiger partial charge in [0.05, 0.1) is 29.7 Å². The van der Waals surface area contributed by atoms with E-state index in [4.69, 9.17) is 16.6 Å². The van der Waals surface area contributed by atoms with Gasteiger partial charge in [-0.15, -0.1) is 0 Å². The number of benzene rings is 1. The van der Waals surface area contributed by atoms with Gasteiger partial charge in [-0.1, -0.05) is 18.2 Å². The lowest BCUT2D eigenvalue weighted by Gasteiger charge is -2.12. The molecule has 0 aliphatic heterocycles. The molecule has 5 aromatic rings. The Kier molecular flexibility index (Phi) is 5.91. The number of fused-ring (bicyclic) bond motifs is 1. The molecule has 35 heavy (non-hydrogen) atoms. The number of rotatable bonds is 6. The zero-order valence-electron chi connectivity index (χ0n) is 18.9. The second-order valence-electron chi connectivity index (χ2n) is 7.75. The summed E-state index contributed by atoms with van der Waals surface area (Å²) in [5.41, 5.74) is 11.3. The molecule has 4 heterocycles. The van der Waals surface area contributed by atoms with Crippen molar-refractivity contribution in [3.8, 4) is 22.6 Å². The number of pyridine rings is 2. The van der Waals surface area contributed by atoms with Crippen LogP contribution in [0.15, 0.2) is 83.3 Å². The summed E-state index contributed by atoms with van der Waals surface area (Å²) in [5.74, 6) is 5.87. The van der Waals surface area contributed by atoms with Crippen LogP contribution in [0.2, 0.25) is 0 Å². The summed E-state index contributed by atoms with van der Waals surface area (Å²) in [5, 5.41) is 9.36. The predicted molar refractivity (Wildman–Crippen MR) is 137 cm³/mol. The van der Waals surface area contributed by atoms with Crippen LogP contribution in [0, 0.1) is 0 Å². The van der Waals surface area contributed by atoms with Crippen molar-refractivity contribution >= 4 is 28.6 Å². The van der Waals surface area contributed by atoms with Gasteiger partial charge in [0.1, 0.15) is 22.8 Å². The third-order valence-electron chi connectivity index (χ3n) is 5.33. The van der Waals surface area contributed by atoms with Crippen LogP contribution in [-0.2, 0) is 13.6 Å².